The molecule has 31 heavy (non-hydrogen) atoms. The number of pyridine rings is 1. The van der Waals surface area contributed by atoms with Gasteiger partial charge in [-0.1, -0.05) is 0 Å². The normalized spacial score (nSPS) is 15.8. The molecule has 0 spiro atoms. The number of fused-ring (bicyclic) bond motifs is 1. The largest absolute Gasteiger partial charge is 0.484 e. The van der Waals surface area contributed by atoms with Crippen molar-refractivity contribution in [2.24, 2.45) is 0 Å². The van der Waals surface area contributed by atoms with Crippen molar-refractivity contribution in [3.63, 3.8) is 0 Å². The summed E-state index contributed by atoms with van der Waals surface area (Å²) >= 11 is 0. The average molecular weight is 422 g/mol. The molecule has 2 aromatic heterocycles. The number of likely N-dealkylation sites (tertiary alicyclic amines) is 1. The van der Waals surface area contributed by atoms with E-state index < -0.39 is 0 Å². The van der Waals surface area contributed by atoms with Crippen molar-refractivity contribution in [2.75, 3.05) is 26.5 Å². The lowest BCUT2D eigenvalue weighted by Gasteiger charge is -2.30. The Labute approximate surface area is 179 Å². The zero-order chi connectivity index (χ0) is 21.2. The van der Waals surface area contributed by atoms with Gasteiger partial charge in [-0.3, -0.25) is 9.78 Å². The first-order valence-electron chi connectivity index (χ1n) is 10.2. The minimum Gasteiger partial charge on any atom is -0.484 e. The van der Waals surface area contributed by atoms with Gasteiger partial charge in [0.15, 0.2) is 18.1 Å². The summed E-state index contributed by atoms with van der Waals surface area (Å²) in [4.78, 5) is 18.6. The number of amides is 1. The molecule has 0 N–H and O–H groups in total. The number of hydrogen-bond donors (Lipinski definition) is 0. The molecule has 0 saturated carbocycles. The molecule has 160 valence electrons. The van der Waals surface area contributed by atoms with Crippen LogP contribution in [0, 0.1) is 6.92 Å². The van der Waals surface area contributed by atoms with Crippen LogP contribution in [0.5, 0.6) is 17.2 Å². The van der Waals surface area contributed by atoms with Crippen LogP contribution in [0.15, 0.2) is 40.9 Å². The number of piperidine rings is 1. The number of rotatable bonds is 5. The Balaban J connectivity index is 1.13. The topological polar surface area (TPSA) is 99.8 Å². The highest BCUT2D eigenvalue weighted by Gasteiger charge is 2.28. The molecule has 2 aliphatic rings. The van der Waals surface area contributed by atoms with Gasteiger partial charge >= 0.3 is 0 Å². The van der Waals surface area contributed by atoms with Gasteiger partial charge in [-0.15, -0.1) is 10.2 Å². The summed E-state index contributed by atoms with van der Waals surface area (Å²) in [5, 5.41) is 8.38. The Morgan fingerprint density at radius 2 is 1.97 bits per heavy atom. The van der Waals surface area contributed by atoms with Crippen molar-refractivity contribution in [2.45, 2.75) is 25.7 Å². The van der Waals surface area contributed by atoms with E-state index in [1.54, 1.807) is 24.4 Å². The van der Waals surface area contributed by atoms with Crippen molar-refractivity contribution in [1.82, 2.24) is 20.1 Å². The molecular weight excluding hydrogens is 400 g/mol. The predicted molar refractivity (Wildman–Crippen MR) is 109 cm³/mol. The maximum atomic E-state index is 12.6. The van der Waals surface area contributed by atoms with Gasteiger partial charge in [0.2, 0.25) is 18.6 Å². The molecule has 0 aliphatic carbocycles. The predicted octanol–water partition coefficient (Wildman–Crippen LogP) is 2.95. The quantitative estimate of drug-likeness (QED) is 0.619. The van der Waals surface area contributed by atoms with Crippen molar-refractivity contribution in [1.29, 1.82) is 0 Å². The van der Waals surface area contributed by atoms with Gasteiger partial charge in [0.05, 0.1) is 5.56 Å². The van der Waals surface area contributed by atoms with Gasteiger partial charge in [0.25, 0.3) is 5.91 Å². The van der Waals surface area contributed by atoms with Crippen LogP contribution in [0.1, 0.15) is 30.3 Å². The number of carbonyl (C=O) groups excluding carboxylic acids is 1. The first-order chi connectivity index (χ1) is 15.2. The van der Waals surface area contributed by atoms with E-state index in [1.165, 1.54) is 0 Å². The second kappa shape index (κ2) is 8.25. The van der Waals surface area contributed by atoms with Crippen LogP contribution in [0.25, 0.3) is 11.5 Å². The fourth-order valence-corrected chi connectivity index (χ4v) is 3.69. The molecule has 1 saturated heterocycles. The molecule has 1 amide bonds. The van der Waals surface area contributed by atoms with Gasteiger partial charge in [-0.2, -0.15) is 0 Å². The molecule has 0 bridgehead atoms. The first-order valence-corrected chi connectivity index (χ1v) is 10.2. The molecule has 4 heterocycles. The zero-order valence-corrected chi connectivity index (χ0v) is 17.1. The summed E-state index contributed by atoms with van der Waals surface area (Å²) < 4.78 is 22.1. The monoisotopic (exact) mass is 422 g/mol. The maximum Gasteiger partial charge on any atom is 0.260 e. The van der Waals surface area contributed by atoms with Gasteiger partial charge in [0, 0.05) is 37.0 Å². The summed E-state index contributed by atoms with van der Waals surface area (Å²) in [6, 6.07) is 9.11. The number of nitrogens with zero attached hydrogens (tertiary/aromatic N) is 4. The Morgan fingerprint density at radius 3 is 2.77 bits per heavy atom. The SMILES string of the molecule is Cc1ccc(-c2nnc(C3CCN(C(=O)COc4ccc5c(c4)OCO5)CC3)o2)cn1. The van der Waals surface area contributed by atoms with E-state index in [2.05, 4.69) is 15.2 Å². The van der Waals surface area contributed by atoms with E-state index in [1.807, 2.05) is 24.0 Å². The molecule has 5 rings (SSSR count). The molecule has 3 aromatic rings. The molecule has 0 radical (unpaired) electrons. The molecule has 1 aromatic carbocycles. The van der Waals surface area contributed by atoms with Crippen LogP contribution < -0.4 is 14.2 Å². The number of aromatic nitrogens is 3. The van der Waals surface area contributed by atoms with E-state index in [9.17, 15) is 4.79 Å². The van der Waals surface area contributed by atoms with Crippen LogP contribution in [0.3, 0.4) is 0 Å². The Hall–Kier alpha value is -3.62. The number of benzene rings is 1. The highest BCUT2D eigenvalue weighted by Crippen LogP contribution is 2.35. The molecule has 2 aliphatic heterocycles. The minimum atomic E-state index is -0.0481. The van der Waals surface area contributed by atoms with Crippen LogP contribution in [0.4, 0.5) is 0 Å². The lowest BCUT2D eigenvalue weighted by atomic mass is 9.97. The molecule has 0 atom stereocenters. The summed E-state index contributed by atoms with van der Waals surface area (Å²) in [6.45, 7) is 3.36. The lowest BCUT2D eigenvalue weighted by Crippen LogP contribution is -2.40. The summed E-state index contributed by atoms with van der Waals surface area (Å²) in [5.74, 6) is 3.06. The second-order valence-electron chi connectivity index (χ2n) is 7.59. The summed E-state index contributed by atoms with van der Waals surface area (Å²) in [7, 11) is 0. The first kappa shape index (κ1) is 19.3. The van der Waals surface area contributed by atoms with E-state index in [4.69, 9.17) is 18.6 Å². The molecule has 9 nitrogen and oxygen atoms in total. The number of ether oxygens (including phenoxy) is 3. The standard InChI is InChI=1S/C22H22N4O5/c1-14-2-3-16(11-23-14)22-25-24-21(31-22)15-6-8-26(9-7-15)20(27)12-28-17-4-5-18-19(10-17)30-13-29-18/h2-5,10-11,15H,6-9,12-13H2,1H3. The van der Waals surface area contributed by atoms with E-state index in [0.29, 0.717) is 42.1 Å². The third kappa shape index (κ3) is 4.16. The summed E-state index contributed by atoms with van der Waals surface area (Å²) in [5.41, 5.74) is 1.74. The summed E-state index contributed by atoms with van der Waals surface area (Å²) in [6.07, 6.45) is 3.27. The van der Waals surface area contributed by atoms with Crippen molar-refractivity contribution >= 4 is 5.91 Å². The van der Waals surface area contributed by atoms with Crippen molar-refractivity contribution in [3.05, 3.63) is 48.1 Å². The maximum absolute atomic E-state index is 12.6. The highest BCUT2D eigenvalue weighted by molar-refractivity contribution is 5.78. The van der Waals surface area contributed by atoms with Crippen LogP contribution in [-0.4, -0.2) is 52.5 Å². The number of carbonyl (C=O) groups is 1. The van der Waals surface area contributed by atoms with Gasteiger partial charge in [-0.25, -0.2) is 0 Å². The van der Waals surface area contributed by atoms with Gasteiger partial charge in [-0.05, 0) is 44.0 Å². The fraction of sp³-hybridized carbons (Fsp3) is 0.364. The Bertz CT molecular complexity index is 1070. The molecule has 1 fully saturated rings. The average Bonchev–Trinajstić information content (AvgIpc) is 3.47. The minimum absolute atomic E-state index is 0.0184. The third-order valence-corrected chi connectivity index (χ3v) is 5.50. The fourth-order valence-electron chi connectivity index (χ4n) is 3.69. The smallest absolute Gasteiger partial charge is 0.260 e. The van der Waals surface area contributed by atoms with E-state index in [-0.39, 0.29) is 25.2 Å². The van der Waals surface area contributed by atoms with Crippen LogP contribution in [0.2, 0.25) is 0 Å². The van der Waals surface area contributed by atoms with Crippen LogP contribution in [-0.2, 0) is 4.79 Å². The van der Waals surface area contributed by atoms with Crippen molar-refractivity contribution in [3.8, 4) is 28.7 Å². The molecule has 0 unspecified atom stereocenters. The lowest BCUT2D eigenvalue weighted by molar-refractivity contribution is -0.134. The molecular formula is C22H22N4O5. The number of hydrogen-bond acceptors (Lipinski definition) is 8. The molecule has 9 heteroatoms. The van der Waals surface area contributed by atoms with Gasteiger partial charge in [0.1, 0.15) is 5.75 Å². The van der Waals surface area contributed by atoms with E-state index in [0.717, 1.165) is 24.1 Å². The van der Waals surface area contributed by atoms with Crippen LogP contribution >= 0.6 is 0 Å². The van der Waals surface area contributed by atoms with E-state index >= 15 is 0 Å². The van der Waals surface area contributed by atoms with Crippen molar-refractivity contribution < 1.29 is 23.4 Å². The highest BCUT2D eigenvalue weighted by atomic mass is 16.7. The number of aryl methyl sites for hydroxylation is 1. The third-order valence-electron chi connectivity index (χ3n) is 5.50. The second-order valence-corrected chi connectivity index (χ2v) is 7.59. The zero-order valence-electron chi connectivity index (χ0n) is 17.1. The Morgan fingerprint density at radius 1 is 1.13 bits per heavy atom. The Kier molecular flexibility index (Phi) is 5.15. The van der Waals surface area contributed by atoms with Gasteiger partial charge < -0.3 is 23.5 Å².